The van der Waals surface area contributed by atoms with Gasteiger partial charge in [0, 0.05) is 6.04 Å². The number of carbonyl (C=O) groups is 1. The number of esters is 1. The lowest BCUT2D eigenvalue weighted by molar-refractivity contribution is -0.145. The summed E-state index contributed by atoms with van der Waals surface area (Å²) < 4.78 is 17.7. The molecule has 0 aromatic heterocycles. The summed E-state index contributed by atoms with van der Waals surface area (Å²) in [5.74, 6) is -0.484. The molecule has 1 aromatic carbocycles. The molecule has 100 valence electrons. The fourth-order valence-corrected chi connectivity index (χ4v) is 1.80. The molecule has 18 heavy (non-hydrogen) atoms. The average Bonchev–Trinajstić information content (AvgIpc) is 2.32. The third kappa shape index (κ3) is 4.84. The van der Waals surface area contributed by atoms with Crippen molar-refractivity contribution in [2.45, 2.75) is 39.3 Å². The molecule has 0 spiro atoms. The van der Waals surface area contributed by atoms with Crippen LogP contribution in [0.4, 0.5) is 4.39 Å². The van der Waals surface area contributed by atoms with E-state index in [1.165, 1.54) is 12.1 Å². The minimum atomic E-state index is -0.333. The topological polar surface area (TPSA) is 38.3 Å². The van der Waals surface area contributed by atoms with Gasteiger partial charge in [0.1, 0.15) is 11.9 Å². The smallest absolute Gasteiger partial charge is 0.322 e. The summed E-state index contributed by atoms with van der Waals surface area (Å²) >= 11 is 0. The number of hydrogen-bond acceptors (Lipinski definition) is 3. The number of rotatable bonds is 6. The van der Waals surface area contributed by atoms with E-state index in [2.05, 4.69) is 5.32 Å². The molecule has 0 bridgehead atoms. The Balaban J connectivity index is 2.43. The van der Waals surface area contributed by atoms with Crippen LogP contribution >= 0.6 is 0 Å². The highest BCUT2D eigenvalue weighted by molar-refractivity contribution is 5.75. The van der Waals surface area contributed by atoms with Crippen LogP contribution in [0, 0.1) is 5.82 Å². The Labute approximate surface area is 107 Å². The maximum atomic E-state index is 12.7. The van der Waals surface area contributed by atoms with Crippen LogP contribution in [0.25, 0.3) is 0 Å². The predicted octanol–water partition coefficient (Wildman–Crippen LogP) is 2.30. The first-order valence-corrected chi connectivity index (χ1v) is 6.20. The lowest BCUT2D eigenvalue weighted by atomic mass is 10.1. The van der Waals surface area contributed by atoms with Gasteiger partial charge in [-0.05, 0) is 44.9 Å². The number of carbonyl (C=O) groups excluding carboxylic acids is 1. The van der Waals surface area contributed by atoms with Crippen molar-refractivity contribution in [2.24, 2.45) is 0 Å². The largest absolute Gasteiger partial charge is 0.465 e. The van der Waals surface area contributed by atoms with Gasteiger partial charge in [0.05, 0.1) is 6.61 Å². The van der Waals surface area contributed by atoms with Gasteiger partial charge in [-0.3, -0.25) is 4.79 Å². The van der Waals surface area contributed by atoms with E-state index in [4.69, 9.17) is 4.74 Å². The van der Waals surface area contributed by atoms with Crippen LogP contribution in [0.15, 0.2) is 24.3 Å². The van der Waals surface area contributed by atoms with Crippen molar-refractivity contribution >= 4 is 5.97 Å². The van der Waals surface area contributed by atoms with Gasteiger partial charge in [0.25, 0.3) is 0 Å². The highest BCUT2D eigenvalue weighted by Crippen LogP contribution is 2.06. The lowest BCUT2D eigenvalue weighted by Crippen LogP contribution is -2.41. The fourth-order valence-electron chi connectivity index (χ4n) is 1.80. The lowest BCUT2D eigenvalue weighted by Gasteiger charge is -2.18. The molecule has 1 aromatic rings. The summed E-state index contributed by atoms with van der Waals surface area (Å²) in [5, 5.41) is 3.16. The van der Waals surface area contributed by atoms with Crippen LogP contribution < -0.4 is 5.32 Å². The van der Waals surface area contributed by atoms with Crippen LogP contribution in [0.2, 0.25) is 0 Å². The zero-order valence-electron chi connectivity index (χ0n) is 11.1. The van der Waals surface area contributed by atoms with Gasteiger partial charge in [0.2, 0.25) is 0 Å². The van der Waals surface area contributed by atoms with Gasteiger partial charge in [-0.15, -0.1) is 0 Å². The standard InChI is InChI=1S/C14H20FNO2/c1-4-18-14(17)11(3)16-10(2)9-12-5-7-13(15)8-6-12/h5-8,10-11,16H,4,9H2,1-3H3. The van der Waals surface area contributed by atoms with Crippen LogP contribution in [0.3, 0.4) is 0 Å². The zero-order valence-corrected chi connectivity index (χ0v) is 11.1. The maximum absolute atomic E-state index is 12.7. The first kappa shape index (κ1) is 14.6. The Bertz CT molecular complexity index is 378. The van der Waals surface area contributed by atoms with E-state index >= 15 is 0 Å². The second-order valence-corrected chi connectivity index (χ2v) is 4.37. The molecule has 1 rings (SSSR count). The molecule has 4 heteroatoms. The SMILES string of the molecule is CCOC(=O)C(C)NC(C)Cc1ccc(F)cc1. The highest BCUT2D eigenvalue weighted by Gasteiger charge is 2.16. The van der Waals surface area contributed by atoms with Crippen LogP contribution in [-0.2, 0) is 16.0 Å². The first-order chi connectivity index (χ1) is 8.52. The summed E-state index contributed by atoms with van der Waals surface area (Å²) in [5.41, 5.74) is 1.03. The van der Waals surface area contributed by atoms with E-state index in [1.54, 1.807) is 26.0 Å². The van der Waals surface area contributed by atoms with Gasteiger partial charge in [-0.1, -0.05) is 12.1 Å². The molecule has 0 saturated carbocycles. The van der Waals surface area contributed by atoms with E-state index in [-0.39, 0.29) is 23.9 Å². The molecule has 0 fully saturated rings. The quantitative estimate of drug-likeness (QED) is 0.791. The van der Waals surface area contributed by atoms with E-state index in [0.29, 0.717) is 6.61 Å². The predicted molar refractivity (Wildman–Crippen MR) is 68.8 cm³/mol. The molecule has 0 radical (unpaired) electrons. The van der Waals surface area contributed by atoms with Gasteiger partial charge in [0.15, 0.2) is 0 Å². The molecule has 0 aliphatic heterocycles. The molecule has 2 atom stereocenters. The Morgan fingerprint density at radius 3 is 2.50 bits per heavy atom. The van der Waals surface area contributed by atoms with Crippen molar-refractivity contribution in [3.63, 3.8) is 0 Å². The summed E-state index contributed by atoms with van der Waals surface area (Å²) in [6.07, 6.45) is 0.740. The number of ether oxygens (including phenoxy) is 1. The van der Waals surface area contributed by atoms with E-state index in [0.717, 1.165) is 12.0 Å². The van der Waals surface area contributed by atoms with Crippen LogP contribution in [0.5, 0.6) is 0 Å². The van der Waals surface area contributed by atoms with E-state index < -0.39 is 0 Å². The fraction of sp³-hybridized carbons (Fsp3) is 0.500. The Hall–Kier alpha value is -1.42. The third-order valence-corrected chi connectivity index (χ3v) is 2.63. The number of nitrogens with one attached hydrogen (secondary N) is 1. The molecular formula is C14H20FNO2. The highest BCUT2D eigenvalue weighted by atomic mass is 19.1. The van der Waals surface area contributed by atoms with E-state index in [9.17, 15) is 9.18 Å². The van der Waals surface area contributed by atoms with Crippen molar-refractivity contribution in [3.05, 3.63) is 35.6 Å². The third-order valence-electron chi connectivity index (χ3n) is 2.63. The Morgan fingerprint density at radius 1 is 1.33 bits per heavy atom. The maximum Gasteiger partial charge on any atom is 0.322 e. The minimum Gasteiger partial charge on any atom is -0.465 e. The normalized spacial score (nSPS) is 14.0. The first-order valence-electron chi connectivity index (χ1n) is 6.20. The molecule has 2 unspecified atom stereocenters. The van der Waals surface area contributed by atoms with Gasteiger partial charge in [-0.25, -0.2) is 4.39 Å². The molecule has 0 heterocycles. The monoisotopic (exact) mass is 253 g/mol. The van der Waals surface area contributed by atoms with Crippen molar-refractivity contribution in [1.82, 2.24) is 5.32 Å². The second-order valence-electron chi connectivity index (χ2n) is 4.37. The van der Waals surface area contributed by atoms with Crippen molar-refractivity contribution in [3.8, 4) is 0 Å². The Morgan fingerprint density at radius 2 is 1.94 bits per heavy atom. The molecule has 0 saturated heterocycles. The number of halogens is 1. The Kier molecular flexibility index (Phi) is 5.78. The number of hydrogen-bond donors (Lipinski definition) is 1. The molecule has 0 aliphatic rings. The summed E-state index contributed by atoms with van der Waals surface area (Å²) in [6, 6.07) is 6.17. The molecule has 3 nitrogen and oxygen atoms in total. The molecule has 1 N–H and O–H groups in total. The van der Waals surface area contributed by atoms with Gasteiger partial charge >= 0.3 is 5.97 Å². The summed E-state index contributed by atoms with van der Waals surface area (Å²) in [6.45, 7) is 5.93. The van der Waals surface area contributed by atoms with Crippen LogP contribution in [0.1, 0.15) is 26.3 Å². The van der Waals surface area contributed by atoms with Gasteiger partial charge in [-0.2, -0.15) is 0 Å². The molecule has 0 amide bonds. The van der Waals surface area contributed by atoms with E-state index in [1.807, 2.05) is 6.92 Å². The molecular weight excluding hydrogens is 233 g/mol. The van der Waals surface area contributed by atoms with Crippen molar-refractivity contribution < 1.29 is 13.9 Å². The average molecular weight is 253 g/mol. The summed E-state index contributed by atoms with van der Waals surface area (Å²) in [4.78, 5) is 11.4. The number of benzene rings is 1. The van der Waals surface area contributed by atoms with Crippen molar-refractivity contribution in [1.29, 1.82) is 0 Å². The second kappa shape index (κ2) is 7.11. The minimum absolute atomic E-state index is 0.120. The molecule has 0 aliphatic carbocycles. The van der Waals surface area contributed by atoms with Gasteiger partial charge < -0.3 is 10.1 Å². The van der Waals surface area contributed by atoms with Crippen LogP contribution in [-0.4, -0.2) is 24.7 Å². The van der Waals surface area contributed by atoms with Crippen molar-refractivity contribution in [2.75, 3.05) is 6.61 Å². The zero-order chi connectivity index (χ0) is 13.5. The summed E-state index contributed by atoms with van der Waals surface area (Å²) in [7, 11) is 0.